The highest BCUT2D eigenvalue weighted by Gasteiger charge is 2.41. The van der Waals surface area contributed by atoms with Crippen LogP contribution >= 0.6 is 11.3 Å². The number of rotatable bonds is 2. The average Bonchev–Trinajstić information content (AvgIpc) is 2.70. The van der Waals surface area contributed by atoms with Crippen LogP contribution in [-0.4, -0.2) is 23.4 Å². The normalized spacial score (nSPS) is 30.8. The third-order valence-electron chi connectivity index (χ3n) is 2.87. The molecule has 0 aromatic carbocycles. The van der Waals surface area contributed by atoms with Crippen LogP contribution in [0.15, 0.2) is 17.5 Å². The summed E-state index contributed by atoms with van der Waals surface area (Å²) in [5.74, 6) is 0.253. The summed E-state index contributed by atoms with van der Waals surface area (Å²) < 4.78 is 5.57. The molecule has 78 valence electrons. The summed E-state index contributed by atoms with van der Waals surface area (Å²) in [5.41, 5.74) is -0.373. The topological polar surface area (TPSA) is 29.5 Å². The lowest BCUT2D eigenvalue weighted by Crippen LogP contribution is -2.35. The number of hydrogen-bond acceptors (Lipinski definition) is 3. The van der Waals surface area contributed by atoms with Gasteiger partial charge in [0.15, 0.2) is 0 Å². The lowest BCUT2D eigenvalue weighted by atomic mass is 9.91. The zero-order chi connectivity index (χ0) is 10.2. The Bertz CT molecular complexity index is 292. The average molecular weight is 212 g/mol. The van der Waals surface area contributed by atoms with E-state index in [1.54, 1.807) is 11.3 Å². The van der Waals surface area contributed by atoms with Gasteiger partial charge in [0.05, 0.1) is 18.3 Å². The maximum atomic E-state index is 10.00. The monoisotopic (exact) mass is 212 g/mol. The van der Waals surface area contributed by atoms with E-state index in [0.29, 0.717) is 6.61 Å². The van der Waals surface area contributed by atoms with Gasteiger partial charge >= 0.3 is 0 Å². The third kappa shape index (κ3) is 1.85. The second-order valence-corrected chi connectivity index (χ2v) is 5.44. The molecule has 0 aliphatic carbocycles. The Kier molecular flexibility index (Phi) is 2.64. The van der Waals surface area contributed by atoms with E-state index in [0.717, 1.165) is 6.42 Å². The summed E-state index contributed by atoms with van der Waals surface area (Å²) in [6, 6.07) is 4.16. The molecule has 0 radical (unpaired) electrons. The highest BCUT2D eigenvalue weighted by Crippen LogP contribution is 2.32. The van der Waals surface area contributed by atoms with Crippen molar-refractivity contribution in [2.75, 3.05) is 6.61 Å². The van der Waals surface area contributed by atoms with E-state index >= 15 is 0 Å². The minimum absolute atomic E-state index is 0.253. The highest BCUT2D eigenvalue weighted by atomic mass is 32.1. The fourth-order valence-electron chi connectivity index (χ4n) is 1.92. The van der Waals surface area contributed by atoms with Crippen LogP contribution in [0.2, 0.25) is 0 Å². The Hall–Kier alpha value is -0.380. The van der Waals surface area contributed by atoms with E-state index in [1.807, 2.05) is 19.9 Å². The lowest BCUT2D eigenvalue weighted by molar-refractivity contribution is -0.0311. The Morgan fingerprint density at radius 3 is 2.93 bits per heavy atom. The van der Waals surface area contributed by atoms with Gasteiger partial charge in [-0.3, -0.25) is 0 Å². The predicted octanol–water partition coefficient (Wildman–Crippen LogP) is 2.08. The van der Waals surface area contributed by atoms with Crippen LogP contribution < -0.4 is 0 Å². The first-order chi connectivity index (χ1) is 6.59. The van der Waals surface area contributed by atoms with Gasteiger partial charge in [-0.25, -0.2) is 0 Å². The van der Waals surface area contributed by atoms with Gasteiger partial charge in [-0.1, -0.05) is 6.07 Å². The van der Waals surface area contributed by atoms with Gasteiger partial charge in [0, 0.05) is 10.8 Å². The quantitative estimate of drug-likeness (QED) is 0.813. The molecule has 1 aromatic heterocycles. The van der Waals surface area contributed by atoms with Crippen LogP contribution in [0.3, 0.4) is 0 Å². The molecule has 1 aromatic rings. The molecule has 1 N–H and O–H groups in total. The summed E-state index contributed by atoms with van der Waals surface area (Å²) in [6.45, 7) is 4.57. The number of hydrogen-bond donors (Lipinski definition) is 1. The first-order valence-electron chi connectivity index (χ1n) is 4.94. The molecule has 2 atom stereocenters. The van der Waals surface area contributed by atoms with E-state index in [-0.39, 0.29) is 17.6 Å². The SMILES string of the molecule is CC1(C)OCC(Cc2cccs2)C1O. The molecule has 0 saturated carbocycles. The van der Waals surface area contributed by atoms with E-state index in [9.17, 15) is 5.11 Å². The zero-order valence-electron chi connectivity index (χ0n) is 8.56. The molecule has 0 spiro atoms. The van der Waals surface area contributed by atoms with Gasteiger partial charge < -0.3 is 9.84 Å². The Morgan fingerprint density at radius 2 is 2.43 bits per heavy atom. The van der Waals surface area contributed by atoms with E-state index < -0.39 is 0 Å². The highest BCUT2D eigenvalue weighted by molar-refractivity contribution is 7.09. The molecular weight excluding hydrogens is 196 g/mol. The maximum Gasteiger partial charge on any atom is 0.0888 e. The van der Waals surface area contributed by atoms with E-state index in [2.05, 4.69) is 11.4 Å². The molecule has 0 bridgehead atoms. The standard InChI is InChI=1S/C11H16O2S/c1-11(2)10(12)8(7-13-11)6-9-4-3-5-14-9/h3-5,8,10,12H,6-7H2,1-2H3. The van der Waals surface area contributed by atoms with Crippen molar-refractivity contribution in [1.29, 1.82) is 0 Å². The van der Waals surface area contributed by atoms with Crippen molar-refractivity contribution >= 4 is 11.3 Å². The fourth-order valence-corrected chi connectivity index (χ4v) is 2.72. The van der Waals surface area contributed by atoms with Gasteiger partial charge in [-0.2, -0.15) is 0 Å². The first-order valence-corrected chi connectivity index (χ1v) is 5.82. The van der Waals surface area contributed by atoms with Crippen molar-refractivity contribution in [3.8, 4) is 0 Å². The van der Waals surface area contributed by atoms with Crippen molar-refractivity contribution in [1.82, 2.24) is 0 Å². The van der Waals surface area contributed by atoms with Gasteiger partial charge in [-0.05, 0) is 31.7 Å². The van der Waals surface area contributed by atoms with Crippen LogP contribution in [0.4, 0.5) is 0 Å². The van der Waals surface area contributed by atoms with E-state index in [4.69, 9.17) is 4.74 Å². The molecule has 2 heterocycles. The predicted molar refractivity (Wildman–Crippen MR) is 57.6 cm³/mol. The Morgan fingerprint density at radius 1 is 1.64 bits per heavy atom. The third-order valence-corrected chi connectivity index (χ3v) is 3.77. The Balaban J connectivity index is 2.01. The molecule has 14 heavy (non-hydrogen) atoms. The first kappa shape index (κ1) is 10.1. The van der Waals surface area contributed by atoms with Crippen molar-refractivity contribution in [2.45, 2.75) is 32.0 Å². The molecule has 2 unspecified atom stereocenters. The summed E-state index contributed by atoms with van der Waals surface area (Å²) in [5, 5.41) is 12.1. The fraction of sp³-hybridized carbons (Fsp3) is 0.636. The summed E-state index contributed by atoms with van der Waals surface area (Å²) in [6.07, 6.45) is 0.590. The smallest absolute Gasteiger partial charge is 0.0888 e. The largest absolute Gasteiger partial charge is 0.390 e. The zero-order valence-corrected chi connectivity index (χ0v) is 9.38. The van der Waals surface area contributed by atoms with Crippen molar-refractivity contribution in [2.24, 2.45) is 5.92 Å². The molecule has 1 aliphatic rings. The second kappa shape index (κ2) is 3.65. The van der Waals surface area contributed by atoms with Gasteiger partial charge in [0.25, 0.3) is 0 Å². The summed E-state index contributed by atoms with van der Waals surface area (Å²) in [4.78, 5) is 1.33. The molecule has 3 heteroatoms. The summed E-state index contributed by atoms with van der Waals surface area (Å²) in [7, 11) is 0. The molecule has 1 aliphatic heterocycles. The number of aliphatic hydroxyl groups is 1. The molecule has 2 rings (SSSR count). The van der Waals surface area contributed by atoms with Crippen molar-refractivity contribution in [3.05, 3.63) is 22.4 Å². The minimum atomic E-state index is -0.373. The molecular formula is C11H16O2S. The maximum absolute atomic E-state index is 10.00. The van der Waals surface area contributed by atoms with Crippen LogP contribution in [0.1, 0.15) is 18.7 Å². The molecule has 0 amide bonds. The van der Waals surface area contributed by atoms with E-state index in [1.165, 1.54) is 4.88 Å². The van der Waals surface area contributed by atoms with Crippen LogP contribution in [-0.2, 0) is 11.2 Å². The lowest BCUT2D eigenvalue weighted by Gasteiger charge is -2.23. The summed E-state index contributed by atoms with van der Waals surface area (Å²) >= 11 is 1.75. The molecule has 2 nitrogen and oxygen atoms in total. The second-order valence-electron chi connectivity index (χ2n) is 4.40. The van der Waals surface area contributed by atoms with Gasteiger partial charge in [0.1, 0.15) is 0 Å². The van der Waals surface area contributed by atoms with Gasteiger partial charge in [0.2, 0.25) is 0 Å². The van der Waals surface area contributed by atoms with Crippen LogP contribution in [0.5, 0.6) is 0 Å². The number of aliphatic hydroxyl groups excluding tert-OH is 1. The van der Waals surface area contributed by atoms with Crippen molar-refractivity contribution in [3.63, 3.8) is 0 Å². The van der Waals surface area contributed by atoms with Crippen LogP contribution in [0.25, 0.3) is 0 Å². The molecule has 1 fully saturated rings. The number of ether oxygens (including phenoxy) is 1. The van der Waals surface area contributed by atoms with Crippen molar-refractivity contribution < 1.29 is 9.84 Å². The minimum Gasteiger partial charge on any atom is -0.390 e. The Labute approximate surface area is 88.5 Å². The number of thiophene rings is 1. The van der Waals surface area contributed by atoms with Gasteiger partial charge in [-0.15, -0.1) is 11.3 Å². The van der Waals surface area contributed by atoms with Crippen LogP contribution in [0, 0.1) is 5.92 Å². The molecule has 1 saturated heterocycles.